The van der Waals surface area contributed by atoms with Crippen LogP contribution in [0.4, 0.5) is 0 Å². The first kappa shape index (κ1) is 10.4. The topological polar surface area (TPSA) is 49.7 Å². The molecule has 0 unspecified atom stereocenters. The highest BCUT2D eigenvalue weighted by molar-refractivity contribution is 5.93. The quantitative estimate of drug-likeness (QED) is 0.726. The minimum absolute atomic E-state index is 0.157. The summed E-state index contributed by atoms with van der Waals surface area (Å²) in [6, 6.07) is 6.55. The van der Waals surface area contributed by atoms with E-state index in [4.69, 9.17) is 5.11 Å². The zero-order valence-electron chi connectivity index (χ0n) is 8.32. The Bertz CT molecular complexity index is 348. The van der Waals surface area contributed by atoms with Crippen molar-refractivity contribution in [3.05, 3.63) is 29.8 Å². The van der Waals surface area contributed by atoms with Crippen LogP contribution in [0.25, 0.3) is 0 Å². The van der Waals surface area contributed by atoms with E-state index in [0.29, 0.717) is 0 Å². The van der Waals surface area contributed by atoms with Crippen LogP contribution >= 0.6 is 0 Å². The van der Waals surface area contributed by atoms with E-state index in [-0.39, 0.29) is 18.1 Å². The number of hydrogen-bond acceptors (Lipinski definition) is 2. The van der Waals surface area contributed by atoms with E-state index in [1.165, 1.54) is 0 Å². The van der Waals surface area contributed by atoms with E-state index in [1.54, 1.807) is 38.1 Å². The van der Waals surface area contributed by atoms with E-state index in [2.05, 4.69) is 4.99 Å². The molecular formula is C11H13NO2. The fourth-order valence-corrected chi connectivity index (χ4v) is 1.08. The van der Waals surface area contributed by atoms with Gasteiger partial charge >= 0.3 is 0 Å². The molecule has 0 aliphatic carbocycles. The third kappa shape index (κ3) is 3.39. The third-order valence-electron chi connectivity index (χ3n) is 1.64. The van der Waals surface area contributed by atoms with E-state index in [0.717, 1.165) is 11.3 Å². The summed E-state index contributed by atoms with van der Waals surface area (Å²) in [7, 11) is 0. The van der Waals surface area contributed by atoms with Crippen molar-refractivity contribution in [1.29, 1.82) is 0 Å². The molecule has 1 aromatic rings. The number of phenolic OH excluding ortho intramolecular Hbond substituents is 1. The van der Waals surface area contributed by atoms with Crippen molar-refractivity contribution < 1.29 is 9.90 Å². The second kappa shape index (κ2) is 4.56. The van der Waals surface area contributed by atoms with Crippen molar-refractivity contribution in [2.24, 2.45) is 4.99 Å². The predicted octanol–water partition coefficient (Wildman–Crippen LogP) is 1.94. The number of carbonyl (C=O) groups is 1. The monoisotopic (exact) mass is 191 g/mol. The van der Waals surface area contributed by atoms with Crippen LogP contribution in [0, 0.1) is 0 Å². The summed E-state index contributed by atoms with van der Waals surface area (Å²) < 4.78 is 0. The lowest BCUT2D eigenvalue weighted by Gasteiger charge is -1.97. The van der Waals surface area contributed by atoms with E-state index < -0.39 is 0 Å². The number of phenols is 1. The largest absolute Gasteiger partial charge is 0.508 e. The van der Waals surface area contributed by atoms with Crippen LogP contribution in [-0.2, 0) is 11.2 Å². The van der Waals surface area contributed by atoms with Crippen LogP contribution in [0.2, 0.25) is 0 Å². The Kier molecular flexibility index (Phi) is 3.40. The second-order valence-electron chi connectivity index (χ2n) is 3.30. The smallest absolute Gasteiger partial charge is 0.249 e. The molecule has 1 N–H and O–H groups in total. The van der Waals surface area contributed by atoms with Gasteiger partial charge in [-0.15, -0.1) is 0 Å². The summed E-state index contributed by atoms with van der Waals surface area (Å²) in [5.74, 6) is 0.0482. The summed E-state index contributed by atoms with van der Waals surface area (Å²) in [4.78, 5) is 15.1. The van der Waals surface area contributed by atoms with Crippen molar-refractivity contribution in [2.45, 2.75) is 20.3 Å². The van der Waals surface area contributed by atoms with Crippen molar-refractivity contribution in [3.63, 3.8) is 0 Å². The standard InChI is InChI=1S/C11H13NO2/c1-8(2)12-11(14)7-9-3-5-10(13)6-4-9/h3-6,13H,7H2,1-2H3. The lowest BCUT2D eigenvalue weighted by Crippen LogP contribution is -2.00. The van der Waals surface area contributed by atoms with Crippen molar-refractivity contribution >= 4 is 11.6 Å². The van der Waals surface area contributed by atoms with Gasteiger partial charge < -0.3 is 5.11 Å². The zero-order valence-corrected chi connectivity index (χ0v) is 8.32. The summed E-state index contributed by atoms with van der Waals surface area (Å²) in [5, 5.41) is 9.02. The molecule has 1 rings (SSSR count). The van der Waals surface area contributed by atoms with Gasteiger partial charge in [0, 0.05) is 5.71 Å². The van der Waals surface area contributed by atoms with Crippen molar-refractivity contribution in [1.82, 2.24) is 0 Å². The van der Waals surface area contributed by atoms with Crippen LogP contribution < -0.4 is 0 Å². The average molecular weight is 191 g/mol. The molecule has 0 aliphatic rings. The van der Waals surface area contributed by atoms with Gasteiger partial charge in [0.2, 0.25) is 5.91 Å². The Hall–Kier alpha value is -1.64. The fourth-order valence-electron chi connectivity index (χ4n) is 1.08. The number of hydrogen-bond donors (Lipinski definition) is 1. The molecule has 0 bridgehead atoms. The molecule has 74 valence electrons. The van der Waals surface area contributed by atoms with Crippen LogP contribution in [0.15, 0.2) is 29.3 Å². The molecule has 3 heteroatoms. The molecule has 1 amide bonds. The SMILES string of the molecule is CC(C)=NC(=O)Cc1ccc(O)cc1. The number of aliphatic imine (C=N–C) groups is 1. The highest BCUT2D eigenvalue weighted by atomic mass is 16.3. The maximum absolute atomic E-state index is 11.3. The first-order chi connectivity index (χ1) is 6.58. The maximum Gasteiger partial charge on any atom is 0.249 e. The van der Waals surface area contributed by atoms with Gasteiger partial charge in [0.1, 0.15) is 5.75 Å². The van der Waals surface area contributed by atoms with Gasteiger partial charge in [-0.3, -0.25) is 4.79 Å². The number of carbonyl (C=O) groups excluding carboxylic acids is 1. The molecular weight excluding hydrogens is 178 g/mol. The van der Waals surface area contributed by atoms with E-state index >= 15 is 0 Å². The van der Waals surface area contributed by atoms with Gasteiger partial charge in [-0.2, -0.15) is 0 Å². The highest BCUT2D eigenvalue weighted by Crippen LogP contribution is 2.10. The highest BCUT2D eigenvalue weighted by Gasteiger charge is 2.01. The molecule has 0 aliphatic heterocycles. The van der Waals surface area contributed by atoms with Crippen LogP contribution in [-0.4, -0.2) is 16.7 Å². The molecule has 0 aromatic heterocycles. The zero-order chi connectivity index (χ0) is 10.6. The molecule has 0 spiro atoms. The molecule has 0 saturated carbocycles. The minimum Gasteiger partial charge on any atom is -0.508 e. The number of aromatic hydroxyl groups is 1. The molecule has 0 saturated heterocycles. The Labute approximate surface area is 83.1 Å². The molecule has 1 aromatic carbocycles. The normalized spacial score (nSPS) is 9.57. The molecule has 0 atom stereocenters. The molecule has 0 heterocycles. The van der Waals surface area contributed by atoms with Gasteiger partial charge in [0.15, 0.2) is 0 Å². The number of amides is 1. The molecule has 14 heavy (non-hydrogen) atoms. The Morgan fingerprint density at radius 1 is 1.29 bits per heavy atom. The molecule has 3 nitrogen and oxygen atoms in total. The van der Waals surface area contributed by atoms with Gasteiger partial charge in [-0.05, 0) is 31.5 Å². The van der Waals surface area contributed by atoms with Crippen LogP contribution in [0.5, 0.6) is 5.75 Å². The van der Waals surface area contributed by atoms with Gasteiger partial charge in [0.25, 0.3) is 0 Å². The fraction of sp³-hybridized carbons (Fsp3) is 0.273. The average Bonchev–Trinajstić information content (AvgIpc) is 2.07. The van der Waals surface area contributed by atoms with Gasteiger partial charge in [-0.1, -0.05) is 12.1 Å². The Morgan fingerprint density at radius 3 is 2.36 bits per heavy atom. The lowest BCUT2D eigenvalue weighted by molar-refractivity contribution is -0.117. The number of nitrogens with zero attached hydrogens (tertiary/aromatic N) is 1. The van der Waals surface area contributed by atoms with Crippen molar-refractivity contribution in [2.75, 3.05) is 0 Å². The Balaban J connectivity index is 2.66. The van der Waals surface area contributed by atoms with Crippen LogP contribution in [0.3, 0.4) is 0 Å². The summed E-state index contributed by atoms with van der Waals surface area (Å²) in [6.45, 7) is 3.57. The van der Waals surface area contributed by atoms with Crippen molar-refractivity contribution in [3.8, 4) is 5.75 Å². The molecule has 0 radical (unpaired) electrons. The minimum atomic E-state index is -0.157. The van der Waals surface area contributed by atoms with E-state index in [1.807, 2.05) is 0 Å². The predicted molar refractivity (Wildman–Crippen MR) is 55.6 cm³/mol. The molecule has 0 fully saturated rings. The van der Waals surface area contributed by atoms with Gasteiger partial charge in [-0.25, -0.2) is 4.99 Å². The van der Waals surface area contributed by atoms with E-state index in [9.17, 15) is 4.79 Å². The first-order valence-corrected chi connectivity index (χ1v) is 4.40. The first-order valence-electron chi connectivity index (χ1n) is 4.40. The maximum atomic E-state index is 11.3. The number of rotatable bonds is 2. The summed E-state index contributed by atoms with van der Waals surface area (Å²) >= 11 is 0. The summed E-state index contributed by atoms with van der Waals surface area (Å²) in [5.41, 5.74) is 1.62. The Morgan fingerprint density at radius 2 is 1.86 bits per heavy atom. The lowest BCUT2D eigenvalue weighted by atomic mass is 10.1. The second-order valence-corrected chi connectivity index (χ2v) is 3.30. The number of benzene rings is 1. The van der Waals surface area contributed by atoms with Gasteiger partial charge in [0.05, 0.1) is 6.42 Å². The summed E-state index contributed by atoms with van der Waals surface area (Å²) in [6.07, 6.45) is 0.283. The van der Waals surface area contributed by atoms with Crippen LogP contribution in [0.1, 0.15) is 19.4 Å². The third-order valence-corrected chi connectivity index (χ3v) is 1.64.